The fourth-order valence-corrected chi connectivity index (χ4v) is 2.93. The molecule has 0 aromatic carbocycles. The molecule has 1 fully saturated rings. The van der Waals surface area contributed by atoms with Gasteiger partial charge in [0, 0.05) is 19.9 Å². The lowest BCUT2D eigenvalue weighted by Crippen LogP contribution is -2.27. The molecule has 2 rings (SSSR count). The van der Waals surface area contributed by atoms with Crippen LogP contribution in [-0.2, 0) is 24.7 Å². The van der Waals surface area contributed by atoms with Crippen LogP contribution in [0.25, 0.3) is 0 Å². The van der Waals surface area contributed by atoms with Crippen LogP contribution in [0.1, 0.15) is 37.6 Å². The summed E-state index contributed by atoms with van der Waals surface area (Å²) in [7, 11) is 1.81. The summed E-state index contributed by atoms with van der Waals surface area (Å²) in [5.74, 6) is 0.0420. The predicted octanol–water partition coefficient (Wildman–Crippen LogP) is 2.44. The first-order valence-corrected chi connectivity index (χ1v) is 6.56. The maximum Gasteiger partial charge on any atom is 0.153 e. The Labute approximate surface area is 112 Å². The van der Waals surface area contributed by atoms with Gasteiger partial charge in [0.2, 0.25) is 0 Å². The molecule has 1 unspecified atom stereocenters. The molecule has 1 aliphatic rings. The molecule has 18 heavy (non-hydrogen) atoms. The van der Waals surface area contributed by atoms with Crippen molar-refractivity contribution in [3.05, 3.63) is 16.4 Å². The van der Waals surface area contributed by atoms with Gasteiger partial charge in [-0.15, -0.1) is 0 Å². The maximum absolute atomic E-state index is 11.9. The van der Waals surface area contributed by atoms with E-state index in [1.807, 2.05) is 14.0 Å². The fourth-order valence-electron chi connectivity index (χ4n) is 2.57. The van der Waals surface area contributed by atoms with E-state index < -0.39 is 5.41 Å². The molecule has 0 saturated heterocycles. The number of carbonyl (C=O) groups is 1. The Balaban J connectivity index is 2.37. The number of aromatic nitrogens is 2. The second-order valence-corrected chi connectivity index (χ2v) is 5.21. The van der Waals surface area contributed by atoms with E-state index in [-0.39, 0.29) is 5.78 Å². The highest BCUT2D eigenvalue weighted by atomic mass is 35.5. The summed E-state index contributed by atoms with van der Waals surface area (Å²) >= 11 is 6.27. The average Bonchev–Trinajstić information content (AvgIpc) is 2.85. The van der Waals surface area contributed by atoms with Gasteiger partial charge in [0.1, 0.15) is 5.41 Å². The van der Waals surface area contributed by atoms with Gasteiger partial charge < -0.3 is 0 Å². The lowest BCUT2D eigenvalue weighted by atomic mass is 9.82. The molecule has 0 bridgehead atoms. The van der Waals surface area contributed by atoms with Gasteiger partial charge in [-0.2, -0.15) is 10.4 Å². The maximum atomic E-state index is 11.9. The van der Waals surface area contributed by atoms with E-state index >= 15 is 0 Å². The number of carbonyl (C=O) groups excluding carboxylic acids is 1. The minimum atomic E-state index is -0.886. The Morgan fingerprint density at radius 2 is 2.33 bits per heavy atom. The summed E-state index contributed by atoms with van der Waals surface area (Å²) in [5, 5.41) is 14.3. The second kappa shape index (κ2) is 4.74. The van der Waals surface area contributed by atoms with E-state index in [2.05, 4.69) is 11.2 Å². The minimum absolute atomic E-state index is 0.0420. The number of halogens is 1. The Bertz CT molecular complexity index is 529. The first-order chi connectivity index (χ1) is 8.54. The highest BCUT2D eigenvalue weighted by Gasteiger charge is 2.43. The van der Waals surface area contributed by atoms with Crippen LogP contribution in [-0.4, -0.2) is 15.6 Å². The van der Waals surface area contributed by atoms with Crippen LogP contribution in [0.3, 0.4) is 0 Å². The van der Waals surface area contributed by atoms with Gasteiger partial charge in [-0.3, -0.25) is 9.48 Å². The molecule has 0 aliphatic heterocycles. The second-order valence-electron chi connectivity index (χ2n) is 4.83. The Hall–Kier alpha value is -1.34. The standard InChI is InChI=1S/C13H16ClN3O/c1-3-9-12(14)10(17(2)16-9)7-13(8-15)6-4-5-11(13)18/h3-7H2,1-2H3. The Kier molecular flexibility index (Phi) is 3.45. The van der Waals surface area contributed by atoms with Crippen LogP contribution >= 0.6 is 11.6 Å². The lowest BCUT2D eigenvalue weighted by molar-refractivity contribution is -0.123. The zero-order valence-corrected chi connectivity index (χ0v) is 11.4. The van der Waals surface area contributed by atoms with Crippen molar-refractivity contribution in [3.8, 4) is 6.07 Å². The van der Waals surface area contributed by atoms with Crippen molar-refractivity contribution in [3.63, 3.8) is 0 Å². The van der Waals surface area contributed by atoms with Gasteiger partial charge in [0.05, 0.1) is 22.5 Å². The van der Waals surface area contributed by atoms with E-state index in [0.29, 0.717) is 24.3 Å². The van der Waals surface area contributed by atoms with Crippen molar-refractivity contribution >= 4 is 17.4 Å². The molecule has 1 aromatic rings. The number of aryl methyl sites for hydroxylation is 2. The topological polar surface area (TPSA) is 58.7 Å². The van der Waals surface area contributed by atoms with Crippen LogP contribution < -0.4 is 0 Å². The minimum Gasteiger partial charge on any atom is -0.298 e. The molecule has 96 valence electrons. The predicted molar refractivity (Wildman–Crippen MR) is 68.2 cm³/mol. The van der Waals surface area contributed by atoms with Crippen molar-refractivity contribution < 1.29 is 4.79 Å². The van der Waals surface area contributed by atoms with Gasteiger partial charge >= 0.3 is 0 Å². The third kappa shape index (κ3) is 1.93. The number of rotatable bonds is 3. The molecule has 1 saturated carbocycles. The van der Waals surface area contributed by atoms with Gasteiger partial charge in [-0.1, -0.05) is 18.5 Å². The van der Waals surface area contributed by atoms with E-state index in [9.17, 15) is 10.1 Å². The van der Waals surface area contributed by atoms with Crippen LogP contribution in [0.2, 0.25) is 5.02 Å². The molecule has 0 spiro atoms. The molecular formula is C13H16ClN3O. The van der Waals surface area contributed by atoms with Gasteiger partial charge in [0.25, 0.3) is 0 Å². The SMILES string of the molecule is CCc1nn(C)c(CC2(C#N)CCCC2=O)c1Cl. The van der Waals surface area contributed by atoms with Gasteiger partial charge in [-0.05, 0) is 19.3 Å². The quantitative estimate of drug-likeness (QED) is 0.843. The van der Waals surface area contributed by atoms with Gasteiger partial charge in [0.15, 0.2) is 5.78 Å². The highest BCUT2D eigenvalue weighted by molar-refractivity contribution is 6.32. The zero-order chi connectivity index (χ0) is 13.3. The van der Waals surface area contributed by atoms with Crippen LogP contribution in [0, 0.1) is 16.7 Å². The number of nitriles is 1. The lowest BCUT2D eigenvalue weighted by Gasteiger charge is -2.18. The molecule has 0 N–H and O–H groups in total. The third-order valence-electron chi connectivity index (χ3n) is 3.73. The summed E-state index contributed by atoms with van der Waals surface area (Å²) in [6, 6.07) is 2.21. The monoisotopic (exact) mass is 265 g/mol. The highest BCUT2D eigenvalue weighted by Crippen LogP contribution is 2.39. The average molecular weight is 266 g/mol. The summed E-state index contributed by atoms with van der Waals surface area (Å²) in [5.41, 5.74) is 0.737. The summed E-state index contributed by atoms with van der Waals surface area (Å²) in [6.07, 6.45) is 3.06. The fraction of sp³-hybridized carbons (Fsp3) is 0.615. The van der Waals surface area contributed by atoms with E-state index in [4.69, 9.17) is 11.6 Å². The normalized spacial score (nSPS) is 23.3. The van der Waals surface area contributed by atoms with Crippen molar-refractivity contribution in [1.82, 2.24) is 9.78 Å². The largest absolute Gasteiger partial charge is 0.298 e. The molecule has 1 aliphatic carbocycles. The molecule has 4 nitrogen and oxygen atoms in total. The molecule has 5 heteroatoms. The molecular weight excluding hydrogens is 250 g/mol. The first kappa shape index (κ1) is 13.1. The number of ketones is 1. The molecule has 0 amide bonds. The van der Waals surface area contributed by atoms with Crippen LogP contribution in [0.15, 0.2) is 0 Å². The first-order valence-electron chi connectivity index (χ1n) is 6.19. The molecule has 0 radical (unpaired) electrons. The summed E-state index contributed by atoms with van der Waals surface area (Å²) in [6.45, 7) is 1.98. The van der Waals surface area contributed by atoms with E-state index in [1.54, 1.807) is 4.68 Å². The third-order valence-corrected chi connectivity index (χ3v) is 4.16. The molecule has 1 atom stereocenters. The van der Waals surface area contributed by atoms with E-state index in [0.717, 1.165) is 24.2 Å². The molecule has 1 aromatic heterocycles. The van der Waals surface area contributed by atoms with Crippen molar-refractivity contribution in [2.24, 2.45) is 12.5 Å². The van der Waals surface area contributed by atoms with E-state index in [1.165, 1.54) is 0 Å². The van der Waals surface area contributed by atoms with Crippen molar-refractivity contribution in [2.75, 3.05) is 0 Å². The van der Waals surface area contributed by atoms with Crippen molar-refractivity contribution in [2.45, 2.75) is 39.0 Å². The zero-order valence-electron chi connectivity index (χ0n) is 10.7. The Morgan fingerprint density at radius 1 is 1.61 bits per heavy atom. The number of hydrogen-bond acceptors (Lipinski definition) is 3. The number of Topliss-reactive ketones (excluding diaryl/α,β-unsaturated/α-hetero) is 1. The smallest absolute Gasteiger partial charge is 0.153 e. The number of hydrogen-bond donors (Lipinski definition) is 0. The summed E-state index contributed by atoms with van der Waals surface area (Å²) < 4.78 is 1.70. The molecule has 1 heterocycles. The van der Waals surface area contributed by atoms with Crippen LogP contribution in [0.4, 0.5) is 0 Å². The van der Waals surface area contributed by atoms with Crippen molar-refractivity contribution in [1.29, 1.82) is 5.26 Å². The summed E-state index contributed by atoms with van der Waals surface area (Å²) in [4.78, 5) is 11.9. The number of nitrogens with zero attached hydrogens (tertiary/aromatic N) is 3. The Morgan fingerprint density at radius 3 is 2.78 bits per heavy atom. The van der Waals surface area contributed by atoms with Gasteiger partial charge in [-0.25, -0.2) is 0 Å². The van der Waals surface area contributed by atoms with Crippen LogP contribution in [0.5, 0.6) is 0 Å².